The van der Waals surface area contributed by atoms with Crippen LogP contribution >= 0.6 is 15.9 Å². The van der Waals surface area contributed by atoms with E-state index in [1.165, 1.54) is 12.1 Å². The van der Waals surface area contributed by atoms with Crippen molar-refractivity contribution in [3.63, 3.8) is 0 Å². The fourth-order valence-corrected chi connectivity index (χ4v) is 2.55. The molecule has 1 aliphatic carbocycles. The smallest absolute Gasteiger partial charge is 0.124 e. The van der Waals surface area contributed by atoms with E-state index in [1.807, 2.05) is 0 Å². The Bertz CT molecular complexity index is 372. The van der Waals surface area contributed by atoms with Crippen molar-refractivity contribution in [1.29, 1.82) is 0 Å². The van der Waals surface area contributed by atoms with Gasteiger partial charge in [-0.15, -0.1) is 0 Å². The predicted molar refractivity (Wildman–Crippen MR) is 66.0 cm³/mol. The Hall–Kier alpha value is -0.610. The van der Waals surface area contributed by atoms with Gasteiger partial charge >= 0.3 is 0 Å². The van der Waals surface area contributed by atoms with Crippen LogP contribution in [0.5, 0.6) is 0 Å². The van der Waals surface area contributed by atoms with Crippen molar-refractivity contribution in [2.24, 2.45) is 0 Å². The maximum atomic E-state index is 12.9. The number of hydrogen-bond acceptors (Lipinski definition) is 2. The molecule has 0 saturated heterocycles. The number of anilines is 1. The van der Waals surface area contributed by atoms with Gasteiger partial charge in [0.15, 0.2) is 0 Å². The number of aliphatic hydroxyl groups is 1. The third-order valence-electron chi connectivity index (χ3n) is 3.00. The van der Waals surface area contributed by atoms with Crippen molar-refractivity contribution < 1.29 is 9.50 Å². The topological polar surface area (TPSA) is 32.3 Å². The number of halogens is 2. The molecule has 0 radical (unpaired) electrons. The fourth-order valence-electron chi connectivity index (χ4n) is 2.09. The molecule has 0 spiro atoms. The zero-order chi connectivity index (χ0) is 11.5. The summed E-state index contributed by atoms with van der Waals surface area (Å²) >= 11 is 3.31. The second-order valence-electron chi connectivity index (χ2n) is 4.23. The number of benzene rings is 1. The van der Waals surface area contributed by atoms with Gasteiger partial charge in [0, 0.05) is 10.2 Å². The Labute approximate surface area is 103 Å². The van der Waals surface area contributed by atoms with Crippen molar-refractivity contribution in [1.82, 2.24) is 0 Å². The molecule has 1 fully saturated rings. The molecule has 88 valence electrons. The van der Waals surface area contributed by atoms with E-state index in [1.54, 1.807) is 6.07 Å². The minimum Gasteiger partial charge on any atom is -0.391 e. The highest BCUT2D eigenvalue weighted by atomic mass is 79.9. The molecule has 0 heterocycles. The Morgan fingerprint density at radius 2 is 2.06 bits per heavy atom. The molecule has 1 saturated carbocycles. The molecule has 1 aromatic rings. The Kier molecular flexibility index (Phi) is 3.82. The molecule has 0 bridgehead atoms. The molecular formula is C12H15BrFNO. The van der Waals surface area contributed by atoms with Gasteiger partial charge in [-0.2, -0.15) is 0 Å². The average Bonchev–Trinajstić information content (AvgIpc) is 2.25. The first kappa shape index (κ1) is 11.9. The van der Waals surface area contributed by atoms with Crippen molar-refractivity contribution in [2.45, 2.75) is 37.8 Å². The van der Waals surface area contributed by atoms with Crippen LogP contribution < -0.4 is 5.32 Å². The molecule has 2 rings (SSSR count). The molecule has 0 aliphatic heterocycles. The van der Waals surface area contributed by atoms with Gasteiger partial charge in [-0.05, 0) is 47.0 Å². The number of nitrogens with one attached hydrogen (secondary N) is 1. The standard InChI is InChI=1S/C12H15BrFNO/c13-9-7-8(14)5-6-10(9)15-11-3-1-2-4-12(11)16/h5-7,11-12,15-16H,1-4H2/t11-,12-/m1/s1. The monoisotopic (exact) mass is 287 g/mol. The highest BCUT2D eigenvalue weighted by molar-refractivity contribution is 9.10. The van der Waals surface area contributed by atoms with Gasteiger partial charge < -0.3 is 10.4 Å². The van der Waals surface area contributed by atoms with Crippen LogP contribution in [0.3, 0.4) is 0 Å². The summed E-state index contributed by atoms with van der Waals surface area (Å²) in [7, 11) is 0. The minimum absolute atomic E-state index is 0.0792. The van der Waals surface area contributed by atoms with E-state index in [-0.39, 0.29) is 18.0 Å². The lowest BCUT2D eigenvalue weighted by Gasteiger charge is -2.29. The minimum atomic E-state index is -0.300. The van der Waals surface area contributed by atoms with Gasteiger partial charge in [0.1, 0.15) is 5.82 Å². The zero-order valence-electron chi connectivity index (χ0n) is 8.92. The third-order valence-corrected chi connectivity index (χ3v) is 3.66. The SMILES string of the molecule is O[C@@H]1CCCC[C@H]1Nc1ccc(F)cc1Br. The van der Waals surface area contributed by atoms with Gasteiger partial charge in [-0.25, -0.2) is 4.39 Å². The summed E-state index contributed by atoms with van der Waals surface area (Å²) in [5.41, 5.74) is 0.840. The van der Waals surface area contributed by atoms with E-state index in [0.29, 0.717) is 4.47 Å². The van der Waals surface area contributed by atoms with Gasteiger partial charge in [-0.3, -0.25) is 0 Å². The summed E-state index contributed by atoms with van der Waals surface area (Å²) in [6.07, 6.45) is 3.73. The number of aliphatic hydroxyl groups excluding tert-OH is 1. The van der Waals surface area contributed by atoms with Crippen LogP contribution in [0.25, 0.3) is 0 Å². The van der Waals surface area contributed by atoms with Crippen molar-refractivity contribution in [3.05, 3.63) is 28.5 Å². The van der Waals surface area contributed by atoms with E-state index >= 15 is 0 Å². The normalized spacial score (nSPS) is 25.4. The Morgan fingerprint density at radius 3 is 2.75 bits per heavy atom. The van der Waals surface area contributed by atoms with Gasteiger partial charge in [-0.1, -0.05) is 12.8 Å². The van der Waals surface area contributed by atoms with E-state index in [0.717, 1.165) is 31.4 Å². The van der Waals surface area contributed by atoms with E-state index in [9.17, 15) is 9.50 Å². The predicted octanol–water partition coefficient (Wildman–Crippen LogP) is 3.30. The molecule has 4 heteroatoms. The second-order valence-corrected chi connectivity index (χ2v) is 5.08. The van der Waals surface area contributed by atoms with Crippen LogP contribution in [-0.4, -0.2) is 17.3 Å². The maximum Gasteiger partial charge on any atom is 0.124 e. The molecular weight excluding hydrogens is 273 g/mol. The summed E-state index contributed by atoms with van der Waals surface area (Å²) in [4.78, 5) is 0. The van der Waals surface area contributed by atoms with Crippen molar-refractivity contribution in [2.75, 3.05) is 5.32 Å². The van der Waals surface area contributed by atoms with E-state index in [4.69, 9.17) is 0 Å². The van der Waals surface area contributed by atoms with Crippen molar-refractivity contribution in [3.8, 4) is 0 Å². The molecule has 0 aromatic heterocycles. The van der Waals surface area contributed by atoms with E-state index in [2.05, 4.69) is 21.2 Å². The summed E-state index contributed by atoms with van der Waals surface area (Å²) in [5.74, 6) is -0.262. The average molecular weight is 288 g/mol. The zero-order valence-corrected chi connectivity index (χ0v) is 10.5. The lowest BCUT2D eigenvalue weighted by atomic mass is 9.92. The molecule has 16 heavy (non-hydrogen) atoms. The maximum absolute atomic E-state index is 12.9. The first-order valence-corrected chi connectivity index (χ1v) is 6.36. The Morgan fingerprint density at radius 1 is 1.31 bits per heavy atom. The Balaban J connectivity index is 2.07. The largest absolute Gasteiger partial charge is 0.391 e. The first-order chi connectivity index (χ1) is 7.66. The summed E-state index contributed by atoms with van der Waals surface area (Å²) in [6, 6.07) is 4.62. The van der Waals surface area contributed by atoms with Crippen LogP contribution in [0.15, 0.2) is 22.7 Å². The summed E-state index contributed by atoms with van der Waals surface area (Å²) in [6.45, 7) is 0. The molecule has 1 aromatic carbocycles. The lowest BCUT2D eigenvalue weighted by molar-refractivity contribution is 0.116. The third kappa shape index (κ3) is 2.74. The lowest BCUT2D eigenvalue weighted by Crippen LogP contribution is -2.36. The van der Waals surface area contributed by atoms with Gasteiger partial charge in [0.05, 0.1) is 12.1 Å². The molecule has 2 nitrogen and oxygen atoms in total. The van der Waals surface area contributed by atoms with Crippen LogP contribution in [0.4, 0.5) is 10.1 Å². The summed E-state index contributed by atoms with van der Waals surface area (Å²) < 4.78 is 13.6. The van der Waals surface area contributed by atoms with Crippen molar-refractivity contribution >= 4 is 21.6 Å². The molecule has 2 atom stereocenters. The van der Waals surface area contributed by atoms with Crippen LogP contribution in [-0.2, 0) is 0 Å². The number of hydrogen-bond donors (Lipinski definition) is 2. The molecule has 0 amide bonds. The first-order valence-electron chi connectivity index (χ1n) is 5.56. The second kappa shape index (κ2) is 5.15. The van der Waals surface area contributed by atoms with Crippen LogP contribution in [0.2, 0.25) is 0 Å². The van der Waals surface area contributed by atoms with Crippen LogP contribution in [0, 0.1) is 5.82 Å². The highest BCUT2D eigenvalue weighted by Crippen LogP contribution is 2.27. The molecule has 0 unspecified atom stereocenters. The highest BCUT2D eigenvalue weighted by Gasteiger charge is 2.23. The number of rotatable bonds is 2. The van der Waals surface area contributed by atoms with E-state index < -0.39 is 0 Å². The summed E-state index contributed by atoms with van der Waals surface area (Å²) in [5, 5.41) is 13.1. The molecule has 1 aliphatic rings. The molecule has 2 N–H and O–H groups in total. The fraction of sp³-hybridized carbons (Fsp3) is 0.500. The van der Waals surface area contributed by atoms with Gasteiger partial charge in [0.2, 0.25) is 0 Å². The van der Waals surface area contributed by atoms with Gasteiger partial charge in [0.25, 0.3) is 0 Å². The van der Waals surface area contributed by atoms with Crippen LogP contribution in [0.1, 0.15) is 25.7 Å². The quantitative estimate of drug-likeness (QED) is 0.875.